The van der Waals surface area contributed by atoms with Crippen LogP contribution in [0.5, 0.6) is 0 Å². The molecule has 0 fully saturated rings. The van der Waals surface area contributed by atoms with E-state index in [0.717, 1.165) is 0 Å². The third-order valence-corrected chi connectivity index (χ3v) is 3.66. The Morgan fingerprint density at radius 2 is 2.14 bits per heavy atom. The predicted molar refractivity (Wildman–Crippen MR) is 75.3 cm³/mol. The summed E-state index contributed by atoms with van der Waals surface area (Å²) >= 11 is 0. The van der Waals surface area contributed by atoms with Crippen LogP contribution in [0.2, 0.25) is 0 Å². The van der Waals surface area contributed by atoms with Crippen LogP contribution in [0.15, 0.2) is 35.5 Å². The van der Waals surface area contributed by atoms with E-state index >= 15 is 0 Å². The Bertz CT molecular complexity index is 782. The first-order chi connectivity index (χ1) is 9.84. The summed E-state index contributed by atoms with van der Waals surface area (Å²) in [7, 11) is -3.94. The average Bonchev–Trinajstić information content (AvgIpc) is 2.87. The number of para-hydroxylation sites is 1. The van der Waals surface area contributed by atoms with Crippen LogP contribution in [0.1, 0.15) is 17.3 Å². The molecule has 2 rings (SSSR count). The van der Waals surface area contributed by atoms with Gasteiger partial charge in [0.05, 0.1) is 29.7 Å². The van der Waals surface area contributed by atoms with E-state index in [1.165, 1.54) is 29.2 Å². The van der Waals surface area contributed by atoms with Gasteiger partial charge in [-0.2, -0.15) is 5.10 Å². The molecule has 0 aliphatic rings. The summed E-state index contributed by atoms with van der Waals surface area (Å²) in [4.78, 5) is 11.4. The molecule has 9 heteroatoms. The lowest BCUT2D eigenvalue weighted by Gasteiger charge is -2.09. The van der Waals surface area contributed by atoms with Crippen LogP contribution >= 0.6 is 0 Å². The number of carbonyl (C=O) groups is 1. The molecule has 4 N–H and O–H groups in total. The van der Waals surface area contributed by atoms with Crippen molar-refractivity contribution in [3.05, 3.63) is 36.2 Å². The molecule has 0 unspecified atom stereocenters. The highest BCUT2D eigenvalue weighted by molar-refractivity contribution is 7.89. The van der Waals surface area contributed by atoms with E-state index in [9.17, 15) is 13.2 Å². The zero-order valence-corrected chi connectivity index (χ0v) is 12.0. The van der Waals surface area contributed by atoms with Gasteiger partial charge in [-0.15, -0.1) is 0 Å². The number of benzene rings is 1. The number of hydrogen-bond acceptors (Lipinski definition) is 6. The molecule has 0 saturated carbocycles. The number of carbonyl (C=O) groups excluding carboxylic acids is 1. The maximum atomic E-state index is 11.6. The summed E-state index contributed by atoms with van der Waals surface area (Å²) < 4.78 is 29.0. The third kappa shape index (κ3) is 3.03. The Hall–Kier alpha value is -2.39. The fourth-order valence-corrected chi connectivity index (χ4v) is 2.43. The van der Waals surface area contributed by atoms with E-state index in [2.05, 4.69) is 5.10 Å². The standard InChI is InChI=1S/C12H14N4O4S/c1-2-20-12(17)8-6-15-16(7-8)9-4-3-5-10(11(9)13)21(14,18)19/h3-7H,2,13H2,1H3,(H2,14,18,19). The van der Waals surface area contributed by atoms with Crippen LogP contribution in [0, 0.1) is 0 Å². The number of rotatable bonds is 4. The molecule has 2 aromatic rings. The average molecular weight is 310 g/mol. The second-order valence-corrected chi connectivity index (χ2v) is 5.66. The van der Waals surface area contributed by atoms with Gasteiger partial charge in [-0.3, -0.25) is 0 Å². The molecule has 0 aliphatic carbocycles. The Morgan fingerprint density at radius 1 is 1.43 bits per heavy atom. The Kier molecular flexibility index (Phi) is 3.96. The van der Waals surface area contributed by atoms with Gasteiger partial charge < -0.3 is 10.5 Å². The highest BCUT2D eigenvalue weighted by Gasteiger charge is 2.17. The normalized spacial score (nSPS) is 11.3. The predicted octanol–water partition coefficient (Wildman–Crippen LogP) is 0.279. The smallest absolute Gasteiger partial charge is 0.341 e. The van der Waals surface area contributed by atoms with Gasteiger partial charge in [0.1, 0.15) is 4.90 Å². The molecular weight excluding hydrogens is 296 g/mol. The van der Waals surface area contributed by atoms with Crippen molar-refractivity contribution in [2.24, 2.45) is 5.14 Å². The molecule has 0 bridgehead atoms. The van der Waals surface area contributed by atoms with E-state index in [1.54, 1.807) is 13.0 Å². The van der Waals surface area contributed by atoms with Crippen LogP contribution in [-0.2, 0) is 14.8 Å². The van der Waals surface area contributed by atoms with E-state index < -0.39 is 16.0 Å². The van der Waals surface area contributed by atoms with Crippen molar-refractivity contribution in [2.75, 3.05) is 12.3 Å². The molecule has 112 valence electrons. The van der Waals surface area contributed by atoms with Crippen LogP contribution in [0.4, 0.5) is 5.69 Å². The second-order valence-electron chi connectivity index (χ2n) is 4.13. The number of hydrogen-bond donors (Lipinski definition) is 2. The summed E-state index contributed by atoms with van der Waals surface area (Å²) in [6, 6.07) is 4.34. The quantitative estimate of drug-likeness (QED) is 0.616. The molecule has 1 heterocycles. The first-order valence-corrected chi connectivity index (χ1v) is 7.52. The minimum atomic E-state index is -3.94. The van der Waals surface area contributed by atoms with Gasteiger partial charge in [-0.05, 0) is 19.1 Å². The van der Waals surface area contributed by atoms with Gasteiger partial charge in [0, 0.05) is 6.20 Å². The minimum Gasteiger partial charge on any atom is -0.462 e. The molecule has 1 aromatic carbocycles. The zero-order valence-electron chi connectivity index (χ0n) is 11.2. The molecule has 0 amide bonds. The lowest BCUT2D eigenvalue weighted by atomic mass is 10.2. The maximum Gasteiger partial charge on any atom is 0.341 e. The number of anilines is 1. The first kappa shape index (κ1) is 15.0. The van der Waals surface area contributed by atoms with Crippen molar-refractivity contribution >= 4 is 21.7 Å². The lowest BCUT2D eigenvalue weighted by Crippen LogP contribution is -2.15. The van der Waals surface area contributed by atoms with Gasteiger partial charge in [-0.25, -0.2) is 23.0 Å². The molecule has 8 nitrogen and oxygen atoms in total. The number of nitrogens with zero attached hydrogens (tertiary/aromatic N) is 2. The van der Waals surface area contributed by atoms with Gasteiger partial charge >= 0.3 is 5.97 Å². The van der Waals surface area contributed by atoms with Crippen molar-refractivity contribution in [1.29, 1.82) is 0 Å². The van der Waals surface area contributed by atoms with Gasteiger partial charge in [-0.1, -0.05) is 6.07 Å². The summed E-state index contributed by atoms with van der Waals surface area (Å²) in [6.45, 7) is 1.93. The van der Waals surface area contributed by atoms with Gasteiger partial charge in [0.25, 0.3) is 0 Å². The van der Waals surface area contributed by atoms with Crippen LogP contribution in [0.3, 0.4) is 0 Å². The van der Waals surface area contributed by atoms with Crippen molar-refractivity contribution in [3.8, 4) is 5.69 Å². The number of nitrogen functional groups attached to an aromatic ring is 1. The number of sulfonamides is 1. The summed E-state index contributed by atoms with van der Waals surface area (Å²) in [5.41, 5.74) is 6.30. The second kappa shape index (κ2) is 5.54. The first-order valence-electron chi connectivity index (χ1n) is 5.98. The number of ether oxygens (including phenoxy) is 1. The molecule has 0 radical (unpaired) electrons. The number of nitrogens with two attached hydrogens (primary N) is 2. The largest absolute Gasteiger partial charge is 0.462 e. The maximum absolute atomic E-state index is 11.6. The molecule has 0 aliphatic heterocycles. The van der Waals surface area contributed by atoms with Crippen molar-refractivity contribution < 1.29 is 17.9 Å². The fourth-order valence-electron chi connectivity index (χ4n) is 1.75. The zero-order chi connectivity index (χ0) is 15.6. The highest BCUT2D eigenvalue weighted by Crippen LogP contribution is 2.24. The van der Waals surface area contributed by atoms with Crippen molar-refractivity contribution in [3.63, 3.8) is 0 Å². The topological polar surface area (TPSA) is 130 Å². The van der Waals surface area contributed by atoms with E-state index in [0.29, 0.717) is 5.69 Å². The monoisotopic (exact) mass is 310 g/mol. The number of esters is 1. The molecule has 0 saturated heterocycles. The van der Waals surface area contributed by atoms with Gasteiger partial charge in [0.15, 0.2) is 0 Å². The SMILES string of the molecule is CCOC(=O)c1cnn(-c2cccc(S(N)(=O)=O)c2N)c1. The summed E-state index contributed by atoms with van der Waals surface area (Å²) in [5, 5.41) is 9.06. The van der Waals surface area contributed by atoms with E-state index in [1.807, 2.05) is 0 Å². The molecule has 0 spiro atoms. The van der Waals surface area contributed by atoms with E-state index in [-0.39, 0.29) is 22.8 Å². The highest BCUT2D eigenvalue weighted by atomic mass is 32.2. The number of primary sulfonamides is 1. The number of aromatic nitrogens is 2. The summed E-state index contributed by atoms with van der Waals surface area (Å²) in [5.74, 6) is -0.523. The molecule has 1 aromatic heterocycles. The van der Waals surface area contributed by atoms with Crippen LogP contribution in [0.25, 0.3) is 5.69 Å². The fraction of sp³-hybridized carbons (Fsp3) is 0.167. The van der Waals surface area contributed by atoms with Crippen molar-refractivity contribution in [1.82, 2.24) is 9.78 Å². The van der Waals surface area contributed by atoms with E-state index in [4.69, 9.17) is 15.6 Å². The molecular formula is C12H14N4O4S. The Balaban J connectivity index is 2.47. The third-order valence-electron chi connectivity index (χ3n) is 2.69. The summed E-state index contributed by atoms with van der Waals surface area (Å²) in [6.07, 6.45) is 2.71. The lowest BCUT2D eigenvalue weighted by molar-refractivity contribution is 0.0526. The molecule has 21 heavy (non-hydrogen) atoms. The van der Waals surface area contributed by atoms with Crippen LogP contribution < -0.4 is 10.9 Å². The van der Waals surface area contributed by atoms with Gasteiger partial charge in [0.2, 0.25) is 10.0 Å². The Morgan fingerprint density at radius 3 is 2.76 bits per heavy atom. The van der Waals surface area contributed by atoms with Crippen LogP contribution in [-0.4, -0.2) is 30.8 Å². The molecule has 0 atom stereocenters. The Labute approximate surface area is 121 Å². The van der Waals surface area contributed by atoms with Crippen molar-refractivity contribution in [2.45, 2.75) is 11.8 Å². The minimum absolute atomic E-state index is 0.0430.